The summed E-state index contributed by atoms with van der Waals surface area (Å²) in [6.07, 6.45) is 0. The van der Waals surface area contributed by atoms with Crippen molar-refractivity contribution in [2.45, 2.75) is 13.8 Å². The lowest BCUT2D eigenvalue weighted by Gasteiger charge is -2.19. The van der Waals surface area contributed by atoms with E-state index in [-0.39, 0.29) is 0 Å². The molecule has 0 saturated heterocycles. The molecule has 0 aliphatic rings. The second-order valence-electron chi connectivity index (χ2n) is 5.15. The van der Waals surface area contributed by atoms with E-state index in [9.17, 15) is 0 Å². The molecule has 0 radical (unpaired) electrons. The summed E-state index contributed by atoms with van der Waals surface area (Å²) in [4.78, 5) is 0. The molecule has 0 unspecified atom stereocenters. The lowest BCUT2D eigenvalue weighted by molar-refractivity contribution is 0.731. The van der Waals surface area contributed by atoms with Crippen LogP contribution in [0.4, 0.5) is 0 Å². The fraction of sp³-hybridized carbons (Fsp3) is 0.167. The van der Waals surface area contributed by atoms with Crippen molar-refractivity contribution in [2.75, 3.05) is 0 Å². The molecule has 1 aromatic heterocycles. The minimum Gasteiger partial charge on any atom is -0.272 e. The van der Waals surface area contributed by atoms with Gasteiger partial charge in [-0.05, 0) is 32.4 Å². The maximum absolute atomic E-state index is 4.62. The predicted octanol–water partition coefficient (Wildman–Crippen LogP) is 2.80. The molecule has 2 aromatic carbocycles. The molecule has 0 saturated carbocycles. The molecule has 0 aliphatic heterocycles. The highest BCUT2D eigenvalue weighted by molar-refractivity contribution is 7.80. The Balaban J connectivity index is 2.22. The van der Waals surface area contributed by atoms with Gasteiger partial charge in [0.1, 0.15) is 0 Å². The summed E-state index contributed by atoms with van der Waals surface area (Å²) in [6.45, 7) is 4.28. The topological polar surface area (TPSA) is 17.8 Å². The van der Waals surface area contributed by atoms with Gasteiger partial charge in [0.15, 0.2) is 0 Å². The molecular formula is C18H19N2P. The Hall–Kier alpha value is -1.92. The smallest absolute Gasteiger partial charge is 0.0679 e. The van der Waals surface area contributed by atoms with Gasteiger partial charge in [-0.3, -0.25) is 4.68 Å². The second-order valence-corrected chi connectivity index (χ2v) is 7.30. The highest BCUT2D eigenvalue weighted by Gasteiger charge is 2.23. The molecule has 0 aliphatic carbocycles. The quantitative estimate of drug-likeness (QED) is 0.679. The van der Waals surface area contributed by atoms with Gasteiger partial charge in [-0.1, -0.05) is 60.7 Å². The molecule has 0 spiro atoms. The Morgan fingerprint density at radius 1 is 0.810 bits per heavy atom. The average molecular weight is 294 g/mol. The first-order valence-corrected chi connectivity index (χ1v) is 8.43. The van der Waals surface area contributed by atoms with Gasteiger partial charge in [0, 0.05) is 18.0 Å². The third-order valence-electron chi connectivity index (χ3n) is 3.72. The zero-order valence-electron chi connectivity index (χ0n) is 12.6. The molecular weight excluding hydrogens is 275 g/mol. The lowest BCUT2D eigenvalue weighted by Crippen LogP contribution is -2.23. The van der Waals surface area contributed by atoms with Crippen LogP contribution >= 0.6 is 7.92 Å². The normalized spacial score (nSPS) is 11.0. The van der Waals surface area contributed by atoms with Gasteiger partial charge < -0.3 is 0 Å². The van der Waals surface area contributed by atoms with E-state index in [2.05, 4.69) is 79.6 Å². The Kier molecular flexibility index (Phi) is 3.90. The number of nitrogens with zero attached hydrogens (tertiary/aromatic N) is 2. The highest BCUT2D eigenvalue weighted by atomic mass is 31.1. The van der Waals surface area contributed by atoms with E-state index in [1.165, 1.54) is 21.6 Å². The fourth-order valence-corrected chi connectivity index (χ4v) is 5.24. The number of rotatable bonds is 3. The molecule has 21 heavy (non-hydrogen) atoms. The third-order valence-corrected chi connectivity index (χ3v) is 6.45. The van der Waals surface area contributed by atoms with E-state index >= 15 is 0 Å². The van der Waals surface area contributed by atoms with Crippen molar-refractivity contribution in [3.63, 3.8) is 0 Å². The maximum Gasteiger partial charge on any atom is 0.0679 e. The van der Waals surface area contributed by atoms with E-state index in [0.29, 0.717) is 0 Å². The van der Waals surface area contributed by atoms with Gasteiger partial charge in [-0.2, -0.15) is 5.10 Å². The highest BCUT2D eigenvalue weighted by Crippen LogP contribution is 2.34. The van der Waals surface area contributed by atoms with E-state index in [1.54, 1.807) is 0 Å². The van der Waals surface area contributed by atoms with Crippen LogP contribution < -0.4 is 15.9 Å². The molecule has 106 valence electrons. The minimum atomic E-state index is -0.550. The van der Waals surface area contributed by atoms with Crippen molar-refractivity contribution in [1.29, 1.82) is 0 Å². The van der Waals surface area contributed by atoms with Crippen molar-refractivity contribution >= 4 is 23.8 Å². The average Bonchev–Trinajstić information content (AvgIpc) is 2.76. The number of aromatic nitrogens is 2. The molecule has 2 nitrogen and oxygen atoms in total. The molecule has 1 heterocycles. The third kappa shape index (κ3) is 2.64. The zero-order valence-corrected chi connectivity index (χ0v) is 13.5. The van der Waals surface area contributed by atoms with E-state index in [1.807, 2.05) is 11.7 Å². The van der Waals surface area contributed by atoms with Crippen LogP contribution in [0.25, 0.3) is 0 Å². The standard InChI is InChI=1S/C18H19N2P/c1-14-18(15(2)20(3)19-14)21(16-10-6-4-7-11-16)17-12-8-5-9-13-17/h4-13H,1-3H3. The molecule has 0 amide bonds. The van der Waals surface area contributed by atoms with Gasteiger partial charge >= 0.3 is 0 Å². The first-order chi connectivity index (χ1) is 10.2. The van der Waals surface area contributed by atoms with Crippen LogP contribution in [0.2, 0.25) is 0 Å². The van der Waals surface area contributed by atoms with Crippen LogP contribution in [0.1, 0.15) is 11.4 Å². The van der Waals surface area contributed by atoms with Crippen LogP contribution in [0.5, 0.6) is 0 Å². The van der Waals surface area contributed by atoms with Crippen molar-refractivity contribution in [1.82, 2.24) is 9.78 Å². The second kappa shape index (κ2) is 5.83. The summed E-state index contributed by atoms with van der Waals surface area (Å²) in [6, 6.07) is 21.5. The maximum atomic E-state index is 4.62. The molecule has 0 fully saturated rings. The first kappa shape index (κ1) is 14.0. The summed E-state index contributed by atoms with van der Waals surface area (Å²) < 4.78 is 1.99. The summed E-state index contributed by atoms with van der Waals surface area (Å²) in [7, 11) is 1.47. The molecule has 0 N–H and O–H groups in total. The Morgan fingerprint density at radius 2 is 1.29 bits per heavy atom. The van der Waals surface area contributed by atoms with Crippen molar-refractivity contribution < 1.29 is 0 Å². The van der Waals surface area contributed by atoms with Gasteiger partial charge in [0.2, 0.25) is 0 Å². The van der Waals surface area contributed by atoms with Gasteiger partial charge in [0.05, 0.1) is 5.69 Å². The number of benzene rings is 2. The minimum absolute atomic E-state index is 0.550. The monoisotopic (exact) mass is 294 g/mol. The number of aryl methyl sites for hydroxylation is 2. The molecule has 0 atom stereocenters. The van der Waals surface area contributed by atoms with Crippen molar-refractivity contribution in [2.24, 2.45) is 7.05 Å². The predicted molar refractivity (Wildman–Crippen MR) is 91.4 cm³/mol. The van der Waals surface area contributed by atoms with Crippen LogP contribution in [0.15, 0.2) is 60.7 Å². The Bertz CT molecular complexity index is 693. The molecule has 0 bridgehead atoms. The Labute approximate surface area is 127 Å². The van der Waals surface area contributed by atoms with Crippen LogP contribution in [-0.2, 0) is 7.05 Å². The summed E-state index contributed by atoms with van der Waals surface area (Å²) >= 11 is 0. The van der Waals surface area contributed by atoms with Crippen LogP contribution in [-0.4, -0.2) is 9.78 Å². The zero-order chi connectivity index (χ0) is 14.8. The lowest BCUT2D eigenvalue weighted by atomic mass is 10.4. The van der Waals surface area contributed by atoms with Crippen LogP contribution in [0.3, 0.4) is 0 Å². The van der Waals surface area contributed by atoms with E-state index < -0.39 is 7.92 Å². The van der Waals surface area contributed by atoms with E-state index in [4.69, 9.17) is 0 Å². The Morgan fingerprint density at radius 3 is 1.67 bits per heavy atom. The van der Waals surface area contributed by atoms with Gasteiger partial charge in [-0.25, -0.2) is 0 Å². The number of hydrogen-bond acceptors (Lipinski definition) is 1. The molecule has 3 rings (SSSR count). The largest absolute Gasteiger partial charge is 0.272 e. The summed E-state index contributed by atoms with van der Waals surface area (Å²) in [5.74, 6) is 0. The summed E-state index contributed by atoms with van der Waals surface area (Å²) in [5, 5.41) is 8.74. The number of hydrogen-bond donors (Lipinski definition) is 0. The SMILES string of the molecule is Cc1nn(C)c(C)c1P(c1ccccc1)c1ccccc1. The van der Waals surface area contributed by atoms with Crippen molar-refractivity contribution in [3.05, 3.63) is 72.1 Å². The fourth-order valence-electron chi connectivity index (χ4n) is 2.65. The first-order valence-electron chi connectivity index (χ1n) is 7.09. The van der Waals surface area contributed by atoms with E-state index in [0.717, 1.165) is 5.69 Å². The van der Waals surface area contributed by atoms with Gasteiger partial charge in [0.25, 0.3) is 0 Å². The van der Waals surface area contributed by atoms with Crippen molar-refractivity contribution in [3.8, 4) is 0 Å². The molecule has 3 heteroatoms. The van der Waals surface area contributed by atoms with Crippen LogP contribution in [0, 0.1) is 13.8 Å². The molecule has 3 aromatic rings. The summed E-state index contributed by atoms with van der Waals surface area (Å²) in [5.41, 5.74) is 2.39. The van der Waals surface area contributed by atoms with Gasteiger partial charge in [-0.15, -0.1) is 0 Å².